The van der Waals surface area contributed by atoms with Crippen LogP contribution in [0.4, 0.5) is 0 Å². The van der Waals surface area contributed by atoms with E-state index in [1.165, 1.54) is 0 Å². The number of nitrogens with zero attached hydrogens (tertiary/aromatic N) is 3. The van der Waals surface area contributed by atoms with Crippen molar-refractivity contribution in [1.29, 1.82) is 0 Å². The highest BCUT2D eigenvalue weighted by molar-refractivity contribution is 6.07. The Hall–Kier alpha value is -3.21. The van der Waals surface area contributed by atoms with Crippen LogP contribution in [0.15, 0.2) is 60.7 Å². The van der Waals surface area contributed by atoms with Gasteiger partial charge in [-0.2, -0.15) is 0 Å². The summed E-state index contributed by atoms with van der Waals surface area (Å²) >= 11 is 0. The predicted octanol–water partition coefficient (Wildman–Crippen LogP) is 4.38. The molecule has 2 fully saturated rings. The topological polar surface area (TPSA) is 53.5 Å². The number of likely N-dealkylation sites (tertiary alicyclic amines) is 2. The smallest absolute Gasteiger partial charge is 0.254 e. The number of carbonyl (C=O) groups excluding carboxylic acids is 2. The zero-order chi connectivity index (χ0) is 21.2. The van der Waals surface area contributed by atoms with Gasteiger partial charge in [-0.1, -0.05) is 48.5 Å². The first-order chi connectivity index (χ1) is 15.2. The van der Waals surface area contributed by atoms with Crippen molar-refractivity contribution in [3.8, 4) is 11.3 Å². The molecular weight excluding hydrogens is 386 g/mol. The number of amides is 2. The second-order valence-corrected chi connectivity index (χ2v) is 8.54. The van der Waals surface area contributed by atoms with Crippen molar-refractivity contribution in [2.24, 2.45) is 5.92 Å². The molecule has 2 saturated heterocycles. The maximum absolute atomic E-state index is 13.5. The Bertz CT molecular complexity index is 1100. The van der Waals surface area contributed by atoms with Crippen LogP contribution in [0.5, 0.6) is 0 Å². The summed E-state index contributed by atoms with van der Waals surface area (Å²) in [5.74, 6) is 0.365. The molecule has 5 rings (SSSR count). The quantitative estimate of drug-likeness (QED) is 0.640. The van der Waals surface area contributed by atoms with Gasteiger partial charge < -0.3 is 9.80 Å². The standard InChI is InChI=1S/C26H27N3O2/c30-25(28-14-6-7-15-28)20-12-16-29(17-13-20)26(31)22-18-24(19-8-2-1-3-9-19)27-23-11-5-4-10-21(22)23/h1-5,8-11,18,20H,6-7,12-17H2. The number of hydrogen-bond acceptors (Lipinski definition) is 3. The molecule has 2 amide bonds. The van der Waals surface area contributed by atoms with Crippen molar-refractivity contribution in [1.82, 2.24) is 14.8 Å². The van der Waals surface area contributed by atoms with E-state index in [4.69, 9.17) is 4.98 Å². The van der Waals surface area contributed by atoms with Gasteiger partial charge in [0.1, 0.15) is 0 Å². The number of carbonyl (C=O) groups is 2. The number of piperidine rings is 1. The van der Waals surface area contributed by atoms with E-state index >= 15 is 0 Å². The van der Waals surface area contributed by atoms with Gasteiger partial charge in [0.05, 0.1) is 16.8 Å². The Morgan fingerprint density at radius 1 is 0.806 bits per heavy atom. The molecule has 0 bridgehead atoms. The van der Waals surface area contributed by atoms with E-state index in [1.807, 2.05) is 70.5 Å². The molecule has 0 saturated carbocycles. The Balaban J connectivity index is 1.39. The number of fused-ring (bicyclic) bond motifs is 1. The van der Waals surface area contributed by atoms with Gasteiger partial charge >= 0.3 is 0 Å². The molecule has 31 heavy (non-hydrogen) atoms. The number of para-hydroxylation sites is 1. The monoisotopic (exact) mass is 413 g/mol. The number of pyridine rings is 1. The van der Waals surface area contributed by atoms with E-state index in [0.29, 0.717) is 18.7 Å². The lowest BCUT2D eigenvalue weighted by Crippen LogP contribution is -2.43. The average molecular weight is 414 g/mol. The lowest BCUT2D eigenvalue weighted by atomic mass is 9.94. The van der Waals surface area contributed by atoms with Crippen LogP contribution in [0, 0.1) is 5.92 Å². The van der Waals surface area contributed by atoms with E-state index in [2.05, 4.69) is 0 Å². The summed E-state index contributed by atoms with van der Waals surface area (Å²) in [6.45, 7) is 3.04. The van der Waals surface area contributed by atoms with Gasteiger partial charge in [-0.25, -0.2) is 4.98 Å². The molecule has 0 spiro atoms. The van der Waals surface area contributed by atoms with E-state index in [9.17, 15) is 9.59 Å². The highest BCUT2D eigenvalue weighted by atomic mass is 16.2. The van der Waals surface area contributed by atoms with Gasteiger partial charge in [0, 0.05) is 43.0 Å². The third-order valence-corrected chi connectivity index (χ3v) is 6.57. The fraction of sp³-hybridized carbons (Fsp3) is 0.346. The Morgan fingerprint density at radius 3 is 2.23 bits per heavy atom. The maximum atomic E-state index is 13.5. The normalized spacial score (nSPS) is 17.3. The number of rotatable bonds is 3. The second-order valence-electron chi connectivity index (χ2n) is 8.54. The first-order valence-electron chi connectivity index (χ1n) is 11.2. The van der Waals surface area contributed by atoms with Crippen LogP contribution in [-0.4, -0.2) is 52.8 Å². The first kappa shape index (κ1) is 19.7. The first-order valence-corrected chi connectivity index (χ1v) is 11.2. The summed E-state index contributed by atoms with van der Waals surface area (Å²) < 4.78 is 0. The van der Waals surface area contributed by atoms with Crippen molar-refractivity contribution in [3.05, 3.63) is 66.2 Å². The summed E-state index contributed by atoms with van der Waals surface area (Å²) in [6, 6.07) is 19.7. The van der Waals surface area contributed by atoms with Crippen LogP contribution >= 0.6 is 0 Å². The van der Waals surface area contributed by atoms with Crippen LogP contribution in [-0.2, 0) is 4.79 Å². The highest BCUT2D eigenvalue weighted by Gasteiger charge is 2.32. The van der Waals surface area contributed by atoms with Crippen molar-refractivity contribution >= 4 is 22.7 Å². The minimum absolute atomic E-state index is 0.0304. The molecule has 158 valence electrons. The fourth-order valence-corrected chi connectivity index (χ4v) is 4.80. The molecular formula is C26H27N3O2. The van der Waals surface area contributed by atoms with Crippen molar-refractivity contribution in [2.75, 3.05) is 26.2 Å². The van der Waals surface area contributed by atoms with Crippen molar-refractivity contribution in [3.63, 3.8) is 0 Å². The van der Waals surface area contributed by atoms with Gasteiger partial charge in [-0.3, -0.25) is 9.59 Å². The molecule has 5 nitrogen and oxygen atoms in total. The van der Waals surface area contributed by atoms with E-state index in [-0.39, 0.29) is 17.7 Å². The summed E-state index contributed by atoms with van der Waals surface area (Å²) in [7, 11) is 0. The number of benzene rings is 2. The van der Waals surface area contributed by atoms with Gasteiger partial charge in [-0.05, 0) is 37.8 Å². The average Bonchev–Trinajstić information content (AvgIpc) is 3.38. The molecule has 0 aliphatic carbocycles. The second kappa shape index (κ2) is 8.50. The molecule has 2 aliphatic rings. The van der Waals surface area contributed by atoms with Gasteiger partial charge in [0.15, 0.2) is 0 Å². The van der Waals surface area contributed by atoms with Gasteiger partial charge in [0.25, 0.3) is 5.91 Å². The van der Waals surface area contributed by atoms with Crippen molar-refractivity contribution in [2.45, 2.75) is 25.7 Å². The van der Waals surface area contributed by atoms with Gasteiger partial charge in [-0.15, -0.1) is 0 Å². The fourth-order valence-electron chi connectivity index (χ4n) is 4.80. The highest BCUT2D eigenvalue weighted by Crippen LogP contribution is 2.28. The summed E-state index contributed by atoms with van der Waals surface area (Å²) in [5.41, 5.74) is 3.32. The predicted molar refractivity (Wildman–Crippen MR) is 122 cm³/mol. The molecule has 0 N–H and O–H groups in total. The van der Waals surface area contributed by atoms with Crippen LogP contribution < -0.4 is 0 Å². The molecule has 2 aliphatic heterocycles. The summed E-state index contributed by atoms with van der Waals surface area (Å²) in [5, 5.41) is 0.877. The lowest BCUT2D eigenvalue weighted by molar-refractivity contribution is -0.135. The van der Waals surface area contributed by atoms with E-state index in [0.717, 1.165) is 60.9 Å². The van der Waals surface area contributed by atoms with E-state index < -0.39 is 0 Å². The summed E-state index contributed by atoms with van der Waals surface area (Å²) in [6.07, 6.45) is 3.72. The molecule has 3 aromatic rings. The Kier molecular flexibility index (Phi) is 5.41. The molecule has 1 aromatic heterocycles. The molecule has 3 heterocycles. The number of hydrogen-bond donors (Lipinski definition) is 0. The van der Waals surface area contributed by atoms with Crippen LogP contribution in [0.25, 0.3) is 22.2 Å². The zero-order valence-electron chi connectivity index (χ0n) is 17.7. The molecule has 0 radical (unpaired) electrons. The number of aromatic nitrogens is 1. The zero-order valence-corrected chi connectivity index (χ0v) is 17.7. The van der Waals surface area contributed by atoms with Crippen LogP contribution in [0.2, 0.25) is 0 Å². The molecule has 2 aromatic carbocycles. The maximum Gasteiger partial charge on any atom is 0.254 e. The molecule has 5 heteroatoms. The molecule has 0 atom stereocenters. The van der Waals surface area contributed by atoms with Crippen LogP contribution in [0.1, 0.15) is 36.0 Å². The minimum atomic E-state index is 0.0304. The van der Waals surface area contributed by atoms with Crippen molar-refractivity contribution < 1.29 is 9.59 Å². The summed E-state index contributed by atoms with van der Waals surface area (Å²) in [4.78, 5) is 35.0. The van der Waals surface area contributed by atoms with Gasteiger partial charge in [0.2, 0.25) is 5.91 Å². The largest absolute Gasteiger partial charge is 0.342 e. The van der Waals surface area contributed by atoms with Crippen LogP contribution in [0.3, 0.4) is 0 Å². The Labute approximate surface area is 182 Å². The SMILES string of the molecule is O=C(c1cc(-c2ccccc2)nc2ccccc12)N1CCC(C(=O)N2CCCC2)CC1. The lowest BCUT2D eigenvalue weighted by Gasteiger charge is -2.33. The third kappa shape index (κ3) is 3.92. The third-order valence-electron chi connectivity index (χ3n) is 6.57. The van der Waals surface area contributed by atoms with E-state index in [1.54, 1.807) is 0 Å². The molecule has 0 unspecified atom stereocenters. The minimum Gasteiger partial charge on any atom is -0.342 e. The Morgan fingerprint density at radius 2 is 1.48 bits per heavy atom.